The maximum Gasteiger partial charge on any atom is -0.0443 e. The Bertz CT molecular complexity index is 127. The van der Waals surface area contributed by atoms with Gasteiger partial charge < -0.3 is 0 Å². The van der Waals surface area contributed by atoms with E-state index in [-0.39, 0.29) is 0 Å². The summed E-state index contributed by atoms with van der Waals surface area (Å²) >= 11 is 0. The zero-order valence-corrected chi connectivity index (χ0v) is 22.9. The van der Waals surface area contributed by atoms with Crippen molar-refractivity contribution >= 4 is 0 Å². The van der Waals surface area contributed by atoms with Gasteiger partial charge in [0.25, 0.3) is 0 Å². The summed E-state index contributed by atoms with van der Waals surface area (Å²) in [5, 5.41) is 0. The molecule has 0 nitrogen and oxygen atoms in total. The summed E-state index contributed by atoms with van der Waals surface area (Å²) in [4.78, 5) is 0. The lowest BCUT2D eigenvalue weighted by atomic mass is 10.0. The highest BCUT2D eigenvalue weighted by Gasteiger charge is 1.95. The van der Waals surface area contributed by atoms with E-state index in [1.807, 2.05) is 27.7 Å². The summed E-state index contributed by atoms with van der Waals surface area (Å²) in [6.07, 6.45) is 15.0. The molecule has 0 aromatic rings. The molecule has 0 aromatic heterocycles. The largest absolute Gasteiger partial charge is 0.0683 e. The summed E-state index contributed by atoms with van der Waals surface area (Å²) in [6, 6.07) is 0. The van der Waals surface area contributed by atoms with Crippen molar-refractivity contribution in [2.24, 2.45) is 11.8 Å². The van der Waals surface area contributed by atoms with Crippen LogP contribution in [0.15, 0.2) is 0 Å². The second-order valence-corrected chi connectivity index (χ2v) is 7.28. The molecule has 0 spiro atoms. The fourth-order valence-electron chi connectivity index (χ4n) is 2.21. The molecule has 0 saturated heterocycles. The molecule has 0 radical (unpaired) electrons. The Balaban J connectivity index is -0.0000000529. The molecule has 0 heteroatoms. The second-order valence-electron chi connectivity index (χ2n) is 7.28. The Hall–Kier alpha value is 0. The molecule has 0 aliphatic rings. The van der Waals surface area contributed by atoms with Crippen molar-refractivity contribution in [3.63, 3.8) is 0 Å². The predicted octanol–water partition coefficient (Wildman–Crippen LogP) is 11.7. The highest BCUT2D eigenvalue weighted by molar-refractivity contribution is 4.48. The van der Waals surface area contributed by atoms with Crippen LogP contribution in [-0.2, 0) is 0 Å². The second kappa shape index (κ2) is 56.2. The van der Waals surface area contributed by atoms with Gasteiger partial charge in [-0.1, -0.05) is 168 Å². The van der Waals surface area contributed by atoms with Crippen LogP contribution in [0.2, 0.25) is 0 Å². The molecule has 27 heavy (non-hydrogen) atoms. The summed E-state index contributed by atoms with van der Waals surface area (Å²) in [6.45, 7) is 30.3. The van der Waals surface area contributed by atoms with Crippen molar-refractivity contribution < 1.29 is 0 Å². The van der Waals surface area contributed by atoms with Gasteiger partial charge in [0.05, 0.1) is 0 Å². The lowest BCUT2D eigenvalue weighted by Gasteiger charge is -2.05. The van der Waals surface area contributed by atoms with E-state index in [1.165, 1.54) is 70.6 Å². The predicted molar refractivity (Wildman–Crippen MR) is 137 cm³/mol. The average molecular weight is 391 g/mol. The summed E-state index contributed by atoms with van der Waals surface area (Å²) in [5.41, 5.74) is 0. The quantitative estimate of drug-likeness (QED) is 0.343. The smallest absolute Gasteiger partial charge is 0.0443 e. The molecular formula is C27H66. The average Bonchev–Trinajstić information content (AvgIpc) is 2.65. The third kappa shape index (κ3) is 104. The van der Waals surface area contributed by atoms with Crippen LogP contribution in [0.3, 0.4) is 0 Å². The Morgan fingerprint density at radius 3 is 0.815 bits per heavy atom. The fraction of sp³-hybridized carbons (Fsp3) is 1.00. The first kappa shape index (κ1) is 41.4. The molecule has 0 rings (SSSR count). The van der Waals surface area contributed by atoms with Gasteiger partial charge in [-0.05, 0) is 11.8 Å². The number of hydrogen-bond donors (Lipinski definition) is 0. The van der Waals surface area contributed by atoms with E-state index < -0.39 is 0 Å². The van der Waals surface area contributed by atoms with E-state index in [9.17, 15) is 0 Å². The third-order valence-corrected chi connectivity index (χ3v) is 3.39. The minimum atomic E-state index is 0.898. The summed E-state index contributed by atoms with van der Waals surface area (Å²) < 4.78 is 0. The Kier molecular flexibility index (Phi) is 86.2. The van der Waals surface area contributed by atoms with Crippen molar-refractivity contribution in [2.75, 3.05) is 0 Å². The monoisotopic (exact) mass is 391 g/mol. The van der Waals surface area contributed by atoms with Crippen LogP contribution >= 0.6 is 0 Å². The van der Waals surface area contributed by atoms with Crippen LogP contribution in [0.5, 0.6) is 0 Å². The first-order chi connectivity index (χ1) is 12.9. The van der Waals surface area contributed by atoms with Crippen LogP contribution in [-0.4, -0.2) is 0 Å². The van der Waals surface area contributed by atoms with Gasteiger partial charge in [-0.3, -0.25) is 0 Å². The Labute approximate surface area is 179 Å². The van der Waals surface area contributed by atoms with Crippen molar-refractivity contribution in [3.05, 3.63) is 0 Å². The van der Waals surface area contributed by atoms with Crippen LogP contribution in [0.1, 0.15) is 168 Å². The fourth-order valence-corrected chi connectivity index (χ4v) is 2.21. The molecule has 0 saturated carbocycles. The molecule has 0 aromatic carbocycles. The van der Waals surface area contributed by atoms with E-state index in [4.69, 9.17) is 0 Å². The zero-order chi connectivity index (χ0) is 22.9. The zero-order valence-electron chi connectivity index (χ0n) is 22.9. The molecule has 0 bridgehead atoms. The van der Waals surface area contributed by atoms with Gasteiger partial charge in [0.15, 0.2) is 0 Å². The van der Waals surface area contributed by atoms with Gasteiger partial charge in [0.2, 0.25) is 0 Å². The van der Waals surface area contributed by atoms with E-state index in [0.717, 1.165) is 11.8 Å². The molecule has 0 N–H and O–H groups in total. The highest BCUT2D eigenvalue weighted by atomic mass is 14.0. The molecule has 0 amide bonds. The molecule has 0 unspecified atom stereocenters. The Morgan fingerprint density at radius 1 is 0.444 bits per heavy atom. The van der Waals surface area contributed by atoms with Crippen molar-refractivity contribution in [1.29, 1.82) is 0 Å². The van der Waals surface area contributed by atoms with Gasteiger partial charge in [-0.2, -0.15) is 0 Å². The highest BCUT2D eigenvalue weighted by Crippen LogP contribution is 2.10. The SMILES string of the molecule is CC.CC.CCC.CCCC(C)C.CCCC(C)CCC.CCCCCC. The summed E-state index contributed by atoms with van der Waals surface area (Å²) in [7, 11) is 0. The minimum absolute atomic E-state index is 0.898. The van der Waals surface area contributed by atoms with E-state index in [1.54, 1.807) is 0 Å². The van der Waals surface area contributed by atoms with E-state index >= 15 is 0 Å². The molecule has 0 aliphatic heterocycles. The lowest BCUT2D eigenvalue weighted by molar-refractivity contribution is 0.480. The first-order valence-corrected chi connectivity index (χ1v) is 12.9. The van der Waals surface area contributed by atoms with Crippen LogP contribution in [0.25, 0.3) is 0 Å². The lowest BCUT2D eigenvalue weighted by Crippen LogP contribution is -1.91. The van der Waals surface area contributed by atoms with Crippen molar-refractivity contribution in [3.8, 4) is 0 Å². The van der Waals surface area contributed by atoms with Gasteiger partial charge in [-0.25, -0.2) is 0 Å². The van der Waals surface area contributed by atoms with Crippen LogP contribution in [0, 0.1) is 11.8 Å². The maximum atomic E-state index is 2.34. The van der Waals surface area contributed by atoms with Gasteiger partial charge >= 0.3 is 0 Å². The van der Waals surface area contributed by atoms with Gasteiger partial charge in [0, 0.05) is 0 Å². The third-order valence-electron chi connectivity index (χ3n) is 3.39. The van der Waals surface area contributed by atoms with Crippen molar-refractivity contribution in [2.45, 2.75) is 168 Å². The van der Waals surface area contributed by atoms with Crippen LogP contribution < -0.4 is 0 Å². The molecule has 0 heterocycles. The molecule has 0 atom stereocenters. The number of hydrogen-bond acceptors (Lipinski definition) is 0. The summed E-state index contributed by atoms with van der Waals surface area (Å²) in [5.74, 6) is 1.86. The number of unbranched alkanes of at least 4 members (excludes halogenated alkanes) is 3. The van der Waals surface area contributed by atoms with Crippen LogP contribution in [0.4, 0.5) is 0 Å². The van der Waals surface area contributed by atoms with E-state index in [0.29, 0.717) is 0 Å². The molecule has 0 aliphatic carbocycles. The normalized spacial score (nSPS) is 8.44. The van der Waals surface area contributed by atoms with Gasteiger partial charge in [0.1, 0.15) is 0 Å². The maximum absolute atomic E-state index is 2.34. The van der Waals surface area contributed by atoms with Crippen molar-refractivity contribution in [1.82, 2.24) is 0 Å². The topological polar surface area (TPSA) is 0 Å². The standard InChI is InChI=1S/C8H18.2C6H14.C3H8.2C2H6/c1-4-6-8(3)7-5-2;1-4-5-6(2)3;1-3-5-6-4-2;1-3-2;2*1-2/h8H,4-7H2,1-3H3;6H,4-5H2,1-3H3;3-6H2,1-2H3;3H2,1-2H3;2*1-2H3. The Morgan fingerprint density at radius 2 is 0.704 bits per heavy atom. The van der Waals surface area contributed by atoms with Gasteiger partial charge in [-0.15, -0.1) is 0 Å². The van der Waals surface area contributed by atoms with E-state index in [2.05, 4.69) is 69.2 Å². The first-order valence-electron chi connectivity index (χ1n) is 12.9. The minimum Gasteiger partial charge on any atom is -0.0683 e. The number of rotatable bonds is 9. The molecule has 174 valence electrons. The molecule has 0 fully saturated rings. The molecular weight excluding hydrogens is 324 g/mol.